The lowest BCUT2D eigenvalue weighted by Gasteiger charge is -2.08. The molecule has 1 aliphatic rings. The van der Waals surface area contributed by atoms with Crippen LogP contribution >= 0.6 is 0 Å². The van der Waals surface area contributed by atoms with Crippen LogP contribution in [0.2, 0.25) is 0 Å². The molecule has 0 spiro atoms. The summed E-state index contributed by atoms with van der Waals surface area (Å²) in [5, 5.41) is 0. The van der Waals surface area contributed by atoms with Crippen molar-refractivity contribution >= 4 is 5.57 Å². The Balaban J connectivity index is 2.30. The number of halogens is 1. The fourth-order valence-electron chi connectivity index (χ4n) is 1.51. The molecule has 0 nitrogen and oxygen atoms in total. The summed E-state index contributed by atoms with van der Waals surface area (Å²) >= 11 is 0. The highest BCUT2D eigenvalue weighted by Crippen LogP contribution is 2.23. The predicted octanol–water partition coefficient (Wildman–Crippen LogP) is 3.56. The molecule has 0 saturated carbocycles. The molecule has 0 radical (unpaired) electrons. The van der Waals surface area contributed by atoms with Crippen molar-refractivity contribution in [1.29, 1.82) is 0 Å². The summed E-state index contributed by atoms with van der Waals surface area (Å²) in [5.41, 5.74) is 2.42. The fourth-order valence-corrected chi connectivity index (χ4v) is 1.51. The summed E-state index contributed by atoms with van der Waals surface area (Å²) in [4.78, 5) is 0. The zero-order valence-electron chi connectivity index (χ0n) is 7.33. The number of hydrogen-bond donors (Lipinski definition) is 0. The normalized spacial score (nSPS) is 15.6. The van der Waals surface area contributed by atoms with Crippen molar-refractivity contribution in [1.82, 2.24) is 0 Å². The Hall–Kier alpha value is -1.37. The van der Waals surface area contributed by atoms with Crippen molar-refractivity contribution in [2.45, 2.75) is 12.8 Å². The molecule has 0 fully saturated rings. The van der Waals surface area contributed by atoms with E-state index in [1.165, 1.54) is 17.7 Å². The second-order valence-corrected chi connectivity index (χ2v) is 3.17. The van der Waals surface area contributed by atoms with Gasteiger partial charge in [0.25, 0.3) is 0 Å². The van der Waals surface area contributed by atoms with Crippen molar-refractivity contribution in [3.8, 4) is 0 Å². The Labute approximate surface area is 77.4 Å². The van der Waals surface area contributed by atoms with E-state index in [9.17, 15) is 4.39 Å². The van der Waals surface area contributed by atoms with Crippen LogP contribution in [0, 0.1) is 5.82 Å². The smallest absolute Gasteiger partial charge is 0.123 e. The average Bonchev–Trinajstić information content (AvgIpc) is 2.20. The van der Waals surface area contributed by atoms with Gasteiger partial charge in [0.05, 0.1) is 0 Å². The molecule has 1 heteroatoms. The van der Waals surface area contributed by atoms with Gasteiger partial charge in [-0.05, 0) is 36.1 Å². The fraction of sp³-hybridized carbons (Fsp3) is 0.167. The van der Waals surface area contributed by atoms with Crippen LogP contribution in [0.1, 0.15) is 18.4 Å². The number of allylic oxidation sites excluding steroid dienone is 4. The van der Waals surface area contributed by atoms with Gasteiger partial charge in [-0.3, -0.25) is 0 Å². The van der Waals surface area contributed by atoms with Crippen molar-refractivity contribution in [3.63, 3.8) is 0 Å². The van der Waals surface area contributed by atoms with Gasteiger partial charge in [-0.2, -0.15) is 0 Å². The summed E-state index contributed by atoms with van der Waals surface area (Å²) < 4.78 is 12.6. The Morgan fingerprint density at radius 1 is 1.08 bits per heavy atom. The monoisotopic (exact) mass is 174 g/mol. The van der Waals surface area contributed by atoms with Crippen molar-refractivity contribution in [3.05, 3.63) is 53.9 Å². The second-order valence-electron chi connectivity index (χ2n) is 3.17. The maximum atomic E-state index is 12.6. The van der Waals surface area contributed by atoms with Crippen molar-refractivity contribution < 1.29 is 4.39 Å². The van der Waals surface area contributed by atoms with Crippen LogP contribution in [-0.2, 0) is 0 Å². The van der Waals surface area contributed by atoms with Crippen LogP contribution in [-0.4, -0.2) is 0 Å². The van der Waals surface area contributed by atoms with Gasteiger partial charge in [0.1, 0.15) is 5.82 Å². The zero-order chi connectivity index (χ0) is 9.10. The van der Waals surface area contributed by atoms with Gasteiger partial charge < -0.3 is 0 Å². The van der Waals surface area contributed by atoms with Gasteiger partial charge in [-0.15, -0.1) is 0 Å². The molecule has 0 aromatic heterocycles. The summed E-state index contributed by atoms with van der Waals surface area (Å²) in [7, 11) is 0. The molecule has 66 valence electrons. The van der Waals surface area contributed by atoms with E-state index >= 15 is 0 Å². The molecular formula is C12H11F. The molecule has 0 aliphatic heterocycles. The molecular weight excluding hydrogens is 163 g/mol. The third-order valence-electron chi connectivity index (χ3n) is 2.23. The quantitative estimate of drug-likeness (QED) is 0.610. The van der Waals surface area contributed by atoms with Crippen LogP contribution in [0.5, 0.6) is 0 Å². The Morgan fingerprint density at radius 3 is 2.46 bits per heavy atom. The maximum Gasteiger partial charge on any atom is 0.123 e. The molecule has 0 bridgehead atoms. The largest absolute Gasteiger partial charge is 0.207 e. The summed E-state index contributed by atoms with van der Waals surface area (Å²) in [5.74, 6) is -0.171. The van der Waals surface area contributed by atoms with E-state index in [4.69, 9.17) is 0 Å². The van der Waals surface area contributed by atoms with Crippen LogP contribution in [0.4, 0.5) is 4.39 Å². The summed E-state index contributed by atoms with van der Waals surface area (Å²) in [6.07, 6.45) is 8.44. The first kappa shape index (κ1) is 8.24. The van der Waals surface area contributed by atoms with Gasteiger partial charge in [0.2, 0.25) is 0 Å². The third kappa shape index (κ3) is 1.86. The van der Waals surface area contributed by atoms with Gasteiger partial charge >= 0.3 is 0 Å². The minimum absolute atomic E-state index is 0.171. The van der Waals surface area contributed by atoms with Gasteiger partial charge in [-0.25, -0.2) is 4.39 Å². The van der Waals surface area contributed by atoms with Gasteiger partial charge in [0.15, 0.2) is 0 Å². The molecule has 0 heterocycles. The second kappa shape index (κ2) is 3.56. The first-order chi connectivity index (χ1) is 6.36. The summed E-state index contributed by atoms with van der Waals surface area (Å²) in [6.45, 7) is 0. The van der Waals surface area contributed by atoms with Crippen LogP contribution in [0.25, 0.3) is 5.57 Å². The lowest BCUT2D eigenvalue weighted by molar-refractivity contribution is 0.627. The average molecular weight is 174 g/mol. The number of benzene rings is 1. The van der Waals surface area contributed by atoms with E-state index in [0.29, 0.717) is 0 Å². The molecule has 0 amide bonds. The van der Waals surface area contributed by atoms with Gasteiger partial charge in [-0.1, -0.05) is 30.4 Å². The minimum atomic E-state index is -0.171. The molecule has 0 N–H and O–H groups in total. The van der Waals surface area contributed by atoms with Gasteiger partial charge in [0, 0.05) is 0 Å². The van der Waals surface area contributed by atoms with E-state index in [-0.39, 0.29) is 5.82 Å². The summed E-state index contributed by atoms with van der Waals surface area (Å²) in [6, 6.07) is 6.68. The topological polar surface area (TPSA) is 0 Å². The highest BCUT2D eigenvalue weighted by molar-refractivity contribution is 5.68. The highest BCUT2D eigenvalue weighted by atomic mass is 19.1. The standard InChI is InChI=1S/C12H11F/c13-12-8-6-11(7-9-12)10-4-2-1-3-5-10/h1-2,4,6-9H,3,5H2. The first-order valence-corrected chi connectivity index (χ1v) is 4.48. The molecule has 1 aromatic carbocycles. The number of hydrogen-bond acceptors (Lipinski definition) is 0. The van der Waals surface area contributed by atoms with E-state index in [1.54, 1.807) is 0 Å². The van der Waals surface area contributed by atoms with Crippen molar-refractivity contribution in [2.75, 3.05) is 0 Å². The van der Waals surface area contributed by atoms with Crippen molar-refractivity contribution in [2.24, 2.45) is 0 Å². The third-order valence-corrected chi connectivity index (χ3v) is 2.23. The zero-order valence-corrected chi connectivity index (χ0v) is 7.33. The van der Waals surface area contributed by atoms with E-state index in [0.717, 1.165) is 18.4 Å². The first-order valence-electron chi connectivity index (χ1n) is 4.48. The molecule has 1 aromatic rings. The molecule has 1 aliphatic carbocycles. The van der Waals surface area contributed by atoms with Crippen LogP contribution in [0.15, 0.2) is 42.5 Å². The lowest BCUT2D eigenvalue weighted by atomic mass is 9.98. The van der Waals surface area contributed by atoms with E-state index < -0.39 is 0 Å². The maximum absolute atomic E-state index is 12.6. The Kier molecular flexibility index (Phi) is 2.26. The highest BCUT2D eigenvalue weighted by Gasteiger charge is 2.02. The SMILES string of the molecule is Fc1ccc(C2=CC=CCC2)cc1. The Bertz CT molecular complexity index is 344. The number of rotatable bonds is 1. The molecule has 0 atom stereocenters. The van der Waals surface area contributed by atoms with E-state index in [1.807, 2.05) is 12.1 Å². The van der Waals surface area contributed by atoms with E-state index in [2.05, 4.69) is 18.2 Å². The molecule has 0 saturated heterocycles. The van der Waals surface area contributed by atoms with Crippen LogP contribution < -0.4 is 0 Å². The minimum Gasteiger partial charge on any atom is -0.207 e. The lowest BCUT2D eigenvalue weighted by Crippen LogP contribution is -1.87. The molecule has 0 unspecified atom stereocenters. The molecule has 2 rings (SSSR count). The van der Waals surface area contributed by atoms with Crippen LogP contribution in [0.3, 0.4) is 0 Å². The predicted molar refractivity (Wildman–Crippen MR) is 52.8 cm³/mol. The Morgan fingerprint density at radius 2 is 1.85 bits per heavy atom. The molecule has 13 heavy (non-hydrogen) atoms.